The van der Waals surface area contributed by atoms with E-state index in [-0.39, 0.29) is 0 Å². The Hall–Kier alpha value is -1.12. The van der Waals surface area contributed by atoms with E-state index in [1.54, 1.807) is 0 Å². The average molecular weight is 183 g/mol. The molecule has 0 spiro atoms. The second kappa shape index (κ2) is 2.98. The third-order valence-corrected chi connectivity index (χ3v) is 2.37. The maximum Gasteiger partial charge on any atom is 0.261 e. The fourth-order valence-electron chi connectivity index (χ4n) is 1.34. The number of hydrogen-bond acceptors (Lipinski definition) is 1. The molecule has 0 amide bonds. The van der Waals surface area contributed by atoms with Crippen LogP contribution in [0, 0.1) is 0 Å². The molecule has 1 N–H and O–H groups in total. The van der Waals surface area contributed by atoms with E-state index in [1.165, 1.54) is 0 Å². The van der Waals surface area contributed by atoms with E-state index in [4.69, 9.17) is 0 Å². The summed E-state index contributed by atoms with van der Waals surface area (Å²) in [4.78, 5) is 0. The number of alkyl halides is 2. The van der Waals surface area contributed by atoms with Crippen LogP contribution < -0.4 is 5.32 Å². The number of rotatable bonds is 3. The zero-order valence-electron chi connectivity index (χ0n) is 7.13. The lowest BCUT2D eigenvalue weighted by Gasteiger charge is -2.17. The molecule has 1 aromatic rings. The van der Waals surface area contributed by atoms with Gasteiger partial charge in [0.1, 0.15) is 0 Å². The number of hydrogen-bond donors (Lipinski definition) is 1. The first-order valence-electron chi connectivity index (χ1n) is 4.34. The second-order valence-electron chi connectivity index (χ2n) is 3.45. The molecule has 2 rings (SSSR count). The number of halogens is 2. The Morgan fingerprint density at radius 1 is 1.15 bits per heavy atom. The molecule has 1 nitrogen and oxygen atoms in total. The number of nitrogens with one attached hydrogen (secondary N) is 1. The van der Waals surface area contributed by atoms with Gasteiger partial charge in [-0.3, -0.25) is 0 Å². The molecular weight excluding hydrogens is 172 g/mol. The third kappa shape index (κ3) is 1.64. The van der Waals surface area contributed by atoms with E-state index in [9.17, 15) is 8.78 Å². The van der Waals surface area contributed by atoms with Crippen molar-refractivity contribution >= 4 is 5.69 Å². The molecule has 1 fully saturated rings. The Balaban J connectivity index is 2.07. The van der Waals surface area contributed by atoms with Gasteiger partial charge in [0.25, 0.3) is 6.43 Å². The van der Waals surface area contributed by atoms with Crippen LogP contribution in [0.1, 0.15) is 12.8 Å². The fourth-order valence-corrected chi connectivity index (χ4v) is 1.34. The van der Waals surface area contributed by atoms with Gasteiger partial charge in [-0.05, 0) is 25.0 Å². The van der Waals surface area contributed by atoms with Gasteiger partial charge in [-0.25, -0.2) is 8.78 Å². The summed E-state index contributed by atoms with van der Waals surface area (Å²) in [6.45, 7) is 0. The normalized spacial score (nSPS) is 18.7. The van der Waals surface area contributed by atoms with Gasteiger partial charge in [0, 0.05) is 5.69 Å². The Morgan fingerprint density at radius 3 is 2.23 bits per heavy atom. The summed E-state index contributed by atoms with van der Waals surface area (Å²) in [5.41, 5.74) is -0.151. The highest BCUT2D eigenvalue weighted by Crippen LogP contribution is 2.43. The topological polar surface area (TPSA) is 12.0 Å². The van der Waals surface area contributed by atoms with Gasteiger partial charge >= 0.3 is 0 Å². The van der Waals surface area contributed by atoms with Gasteiger partial charge in [0.2, 0.25) is 0 Å². The van der Waals surface area contributed by atoms with Crippen LogP contribution >= 0.6 is 0 Å². The van der Waals surface area contributed by atoms with Crippen LogP contribution in [0.2, 0.25) is 0 Å². The lowest BCUT2D eigenvalue weighted by Crippen LogP contribution is -2.29. The van der Waals surface area contributed by atoms with Crippen molar-refractivity contribution in [1.82, 2.24) is 0 Å². The molecule has 1 saturated carbocycles. The molecule has 0 heterocycles. The minimum atomic E-state index is -2.27. The first-order chi connectivity index (χ1) is 6.23. The molecule has 1 aromatic carbocycles. The highest BCUT2D eigenvalue weighted by atomic mass is 19.3. The van der Waals surface area contributed by atoms with E-state index in [0.29, 0.717) is 12.8 Å². The lowest BCUT2D eigenvalue weighted by molar-refractivity contribution is 0.114. The number of benzene rings is 1. The first-order valence-corrected chi connectivity index (χ1v) is 4.34. The maximum absolute atomic E-state index is 12.5. The van der Waals surface area contributed by atoms with Crippen molar-refractivity contribution in [2.75, 3.05) is 5.32 Å². The maximum atomic E-state index is 12.5. The zero-order valence-corrected chi connectivity index (χ0v) is 7.13. The van der Waals surface area contributed by atoms with E-state index in [0.717, 1.165) is 5.69 Å². The summed E-state index contributed by atoms with van der Waals surface area (Å²) in [6.07, 6.45) is -1.13. The van der Waals surface area contributed by atoms with Gasteiger partial charge in [-0.1, -0.05) is 18.2 Å². The SMILES string of the molecule is FC(F)C1(Nc2ccccc2)CC1. The number of para-hydroxylation sites is 1. The van der Waals surface area contributed by atoms with Crippen LogP contribution in [-0.2, 0) is 0 Å². The van der Waals surface area contributed by atoms with E-state index < -0.39 is 12.0 Å². The molecule has 13 heavy (non-hydrogen) atoms. The Bertz CT molecular complexity index is 280. The smallest absolute Gasteiger partial charge is 0.261 e. The average Bonchev–Trinajstić information content (AvgIpc) is 2.87. The lowest BCUT2D eigenvalue weighted by atomic mass is 10.2. The van der Waals surface area contributed by atoms with Crippen LogP contribution in [0.5, 0.6) is 0 Å². The highest BCUT2D eigenvalue weighted by Gasteiger charge is 2.51. The zero-order chi connectivity index (χ0) is 9.31. The van der Waals surface area contributed by atoms with Gasteiger partial charge in [0.05, 0.1) is 5.54 Å². The van der Waals surface area contributed by atoms with Crippen molar-refractivity contribution in [3.8, 4) is 0 Å². The number of anilines is 1. The first kappa shape index (κ1) is 8.48. The Labute approximate surface area is 75.8 Å². The van der Waals surface area contributed by atoms with Crippen molar-refractivity contribution in [2.45, 2.75) is 24.8 Å². The van der Waals surface area contributed by atoms with Crippen LogP contribution in [-0.4, -0.2) is 12.0 Å². The minimum absolute atomic E-state index is 0.569. The van der Waals surface area contributed by atoms with Crippen molar-refractivity contribution in [2.24, 2.45) is 0 Å². The molecule has 1 aliphatic rings. The molecule has 3 heteroatoms. The summed E-state index contributed by atoms with van der Waals surface area (Å²) in [7, 11) is 0. The summed E-state index contributed by atoms with van der Waals surface area (Å²) in [5, 5.41) is 2.88. The molecule has 70 valence electrons. The predicted octanol–water partition coefficient (Wildman–Crippen LogP) is 2.90. The van der Waals surface area contributed by atoms with Gasteiger partial charge in [-0.15, -0.1) is 0 Å². The molecule has 0 radical (unpaired) electrons. The largest absolute Gasteiger partial charge is 0.374 e. The van der Waals surface area contributed by atoms with Crippen LogP contribution in [0.3, 0.4) is 0 Å². The second-order valence-corrected chi connectivity index (χ2v) is 3.45. The van der Waals surface area contributed by atoms with Gasteiger partial charge < -0.3 is 5.32 Å². The Morgan fingerprint density at radius 2 is 1.77 bits per heavy atom. The van der Waals surface area contributed by atoms with E-state index in [1.807, 2.05) is 30.3 Å². The molecule has 0 aliphatic heterocycles. The predicted molar refractivity (Wildman–Crippen MR) is 48.0 cm³/mol. The van der Waals surface area contributed by atoms with E-state index >= 15 is 0 Å². The molecule has 0 bridgehead atoms. The summed E-state index contributed by atoms with van der Waals surface area (Å²) < 4.78 is 25.0. The molecule has 1 aliphatic carbocycles. The van der Waals surface area contributed by atoms with Crippen LogP contribution in [0.15, 0.2) is 30.3 Å². The summed E-state index contributed by atoms with van der Waals surface area (Å²) in [5.74, 6) is 0. The molecule has 0 saturated heterocycles. The van der Waals surface area contributed by atoms with Crippen molar-refractivity contribution in [3.63, 3.8) is 0 Å². The molecule has 0 aromatic heterocycles. The van der Waals surface area contributed by atoms with Gasteiger partial charge in [0.15, 0.2) is 0 Å². The van der Waals surface area contributed by atoms with Gasteiger partial charge in [-0.2, -0.15) is 0 Å². The van der Waals surface area contributed by atoms with Crippen molar-refractivity contribution < 1.29 is 8.78 Å². The molecule has 0 atom stereocenters. The highest BCUT2D eigenvalue weighted by molar-refractivity contribution is 5.47. The van der Waals surface area contributed by atoms with Crippen molar-refractivity contribution in [1.29, 1.82) is 0 Å². The standard InChI is InChI=1S/C10H11F2N/c11-9(12)10(6-7-10)13-8-4-2-1-3-5-8/h1-5,9,13H,6-7H2. The summed E-state index contributed by atoms with van der Waals surface area (Å²) >= 11 is 0. The monoisotopic (exact) mass is 183 g/mol. The van der Waals surface area contributed by atoms with Crippen molar-refractivity contribution in [3.05, 3.63) is 30.3 Å². The Kier molecular flexibility index (Phi) is 1.94. The minimum Gasteiger partial charge on any atom is -0.374 e. The fraction of sp³-hybridized carbons (Fsp3) is 0.400. The van der Waals surface area contributed by atoms with Crippen LogP contribution in [0.25, 0.3) is 0 Å². The summed E-state index contributed by atoms with van der Waals surface area (Å²) in [6, 6.07) is 9.16. The van der Waals surface area contributed by atoms with E-state index in [2.05, 4.69) is 5.32 Å². The molecular formula is C10H11F2N. The van der Waals surface area contributed by atoms with Crippen LogP contribution in [0.4, 0.5) is 14.5 Å². The molecule has 0 unspecified atom stereocenters. The quantitative estimate of drug-likeness (QED) is 0.759. The third-order valence-electron chi connectivity index (χ3n) is 2.37.